The fourth-order valence-corrected chi connectivity index (χ4v) is 1.49. The number of carbonyl (C=O) groups is 1. The van der Waals surface area contributed by atoms with E-state index in [2.05, 4.69) is 14.9 Å². The molecule has 0 atom stereocenters. The quantitative estimate of drug-likeness (QED) is 0.519. The maximum absolute atomic E-state index is 12.8. The van der Waals surface area contributed by atoms with E-state index < -0.39 is 11.7 Å². The van der Waals surface area contributed by atoms with Gasteiger partial charge in [0.2, 0.25) is 11.6 Å². The number of aliphatic hydroxyl groups excluding tert-OH is 1. The summed E-state index contributed by atoms with van der Waals surface area (Å²) in [6.45, 7) is 1.79. The van der Waals surface area contributed by atoms with Crippen LogP contribution in [0.15, 0.2) is 42.2 Å². The molecule has 7 heteroatoms. The molecular weight excluding hydrogens is 291 g/mol. The molecule has 1 aromatic heterocycles. The molecule has 6 nitrogen and oxygen atoms in total. The van der Waals surface area contributed by atoms with Crippen LogP contribution in [-0.2, 0) is 9.53 Å². The zero-order valence-corrected chi connectivity index (χ0v) is 11.7. The average molecular weight is 304 g/mol. The molecule has 0 bridgehead atoms. The minimum atomic E-state index is -0.837. The Bertz CT molecular complexity index is 669. The summed E-state index contributed by atoms with van der Waals surface area (Å²) < 4.78 is 22.8. The van der Waals surface area contributed by atoms with Gasteiger partial charge in [-0.05, 0) is 37.3 Å². The van der Waals surface area contributed by atoms with Gasteiger partial charge in [0, 0.05) is 12.1 Å². The first kappa shape index (κ1) is 15.4. The second kappa shape index (κ2) is 7.16. The fourth-order valence-electron chi connectivity index (χ4n) is 1.49. The lowest BCUT2D eigenvalue weighted by molar-refractivity contribution is -0.141. The van der Waals surface area contributed by atoms with E-state index in [0.717, 1.165) is 6.08 Å². The van der Waals surface area contributed by atoms with E-state index >= 15 is 0 Å². The lowest BCUT2D eigenvalue weighted by Crippen LogP contribution is -2.07. The third-order valence-electron chi connectivity index (χ3n) is 2.47. The van der Waals surface area contributed by atoms with Crippen molar-refractivity contribution in [2.24, 2.45) is 0 Å². The van der Waals surface area contributed by atoms with Crippen molar-refractivity contribution in [1.82, 2.24) is 10.2 Å². The average Bonchev–Trinajstić information content (AvgIpc) is 2.51. The van der Waals surface area contributed by atoms with Gasteiger partial charge in [0.25, 0.3) is 0 Å². The smallest absolute Gasteiger partial charge is 0.373 e. The Hall–Kier alpha value is -2.96. The SMILES string of the molecule is CCOC(=O)/C(O)=C/c1ccc(Oc2ccc(F)cc2)nn1. The highest BCUT2D eigenvalue weighted by atomic mass is 19.1. The molecule has 0 radical (unpaired) electrons. The van der Waals surface area contributed by atoms with Gasteiger partial charge in [0.15, 0.2) is 0 Å². The molecule has 0 unspecified atom stereocenters. The maximum atomic E-state index is 12.8. The van der Waals surface area contributed by atoms with Crippen LogP contribution < -0.4 is 4.74 Å². The Balaban J connectivity index is 2.05. The molecule has 0 saturated heterocycles. The number of aromatic nitrogens is 2. The molecule has 0 saturated carbocycles. The van der Waals surface area contributed by atoms with Gasteiger partial charge in [-0.2, -0.15) is 0 Å². The van der Waals surface area contributed by atoms with Crippen LogP contribution in [0, 0.1) is 5.82 Å². The predicted octanol–water partition coefficient (Wildman–Crippen LogP) is 2.87. The maximum Gasteiger partial charge on any atom is 0.373 e. The van der Waals surface area contributed by atoms with Gasteiger partial charge < -0.3 is 14.6 Å². The first-order valence-corrected chi connectivity index (χ1v) is 6.43. The van der Waals surface area contributed by atoms with Crippen molar-refractivity contribution in [2.75, 3.05) is 6.61 Å². The van der Waals surface area contributed by atoms with Crippen LogP contribution >= 0.6 is 0 Å². The number of benzene rings is 1. The Morgan fingerprint density at radius 1 is 1.23 bits per heavy atom. The van der Waals surface area contributed by atoms with Gasteiger partial charge in [-0.3, -0.25) is 0 Å². The topological polar surface area (TPSA) is 81.5 Å². The predicted molar refractivity (Wildman–Crippen MR) is 75.7 cm³/mol. The first-order chi connectivity index (χ1) is 10.6. The van der Waals surface area contributed by atoms with Crippen LogP contribution in [0.4, 0.5) is 4.39 Å². The second-order valence-electron chi connectivity index (χ2n) is 4.10. The molecule has 2 rings (SSSR count). The van der Waals surface area contributed by atoms with E-state index in [1.54, 1.807) is 6.92 Å². The molecule has 22 heavy (non-hydrogen) atoms. The lowest BCUT2D eigenvalue weighted by Gasteiger charge is -2.04. The largest absolute Gasteiger partial charge is 0.502 e. The molecular formula is C15H13FN2O4. The van der Waals surface area contributed by atoms with Crippen molar-refractivity contribution in [2.45, 2.75) is 6.92 Å². The third-order valence-corrected chi connectivity index (χ3v) is 2.47. The molecule has 0 aliphatic heterocycles. The lowest BCUT2D eigenvalue weighted by atomic mass is 10.3. The molecule has 2 aromatic rings. The van der Waals surface area contributed by atoms with Gasteiger partial charge in [0.1, 0.15) is 11.6 Å². The van der Waals surface area contributed by atoms with E-state index in [0.29, 0.717) is 5.75 Å². The van der Waals surface area contributed by atoms with E-state index in [9.17, 15) is 14.3 Å². The number of hydrogen-bond acceptors (Lipinski definition) is 6. The van der Waals surface area contributed by atoms with E-state index in [-0.39, 0.29) is 24.0 Å². The van der Waals surface area contributed by atoms with Gasteiger partial charge in [-0.15, -0.1) is 10.2 Å². The van der Waals surface area contributed by atoms with Crippen molar-refractivity contribution in [3.05, 3.63) is 53.7 Å². The number of carbonyl (C=O) groups excluding carboxylic acids is 1. The summed E-state index contributed by atoms with van der Waals surface area (Å²) in [6, 6.07) is 8.44. The first-order valence-electron chi connectivity index (χ1n) is 6.43. The van der Waals surface area contributed by atoms with Crippen LogP contribution in [0.3, 0.4) is 0 Å². The van der Waals surface area contributed by atoms with E-state index in [4.69, 9.17) is 4.74 Å². The Morgan fingerprint density at radius 2 is 1.95 bits per heavy atom. The summed E-state index contributed by atoms with van der Waals surface area (Å²) in [5.74, 6) is -1.17. The van der Waals surface area contributed by atoms with Crippen molar-refractivity contribution in [1.29, 1.82) is 0 Å². The molecule has 0 amide bonds. The summed E-state index contributed by atoms with van der Waals surface area (Å²) >= 11 is 0. The Labute approximate surface area is 125 Å². The molecule has 1 N–H and O–H groups in total. The Morgan fingerprint density at radius 3 is 2.55 bits per heavy atom. The fraction of sp³-hybridized carbons (Fsp3) is 0.133. The third kappa shape index (κ3) is 4.27. The normalized spacial score (nSPS) is 11.1. The molecule has 0 aliphatic carbocycles. The van der Waals surface area contributed by atoms with Crippen molar-refractivity contribution in [3.63, 3.8) is 0 Å². The van der Waals surface area contributed by atoms with Crippen LogP contribution in [-0.4, -0.2) is 27.9 Å². The van der Waals surface area contributed by atoms with Gasteiger partial charge >= 0.3 is 5.97 Å². The highest BCUT2D eigenvalue weighted by Gasteiger charge is 2.09. The monoisotopic (exact) mass is 304 g/mol. The zero-order chi connectivity index (χ0) is 15.9. The molecule has 1 heterocycles. The standard InChI is InChI=1S/C15H13FN2O4/c1-2-21-15(20)13(19)9-11-5-8-14(18-17-11)22-12-6-3-10(16)4-7-12/h3-9,19H,2H2,1H3/b13-9-. The van der Waals surface area contributed by atoms with E-state index in [1.807, 2.05) is 0 Å². The van der Waals surface area contributed by atoms with Crippen LogP contribution in [0.25, 0.3) is 6.08 Å². The molecule has 0 spiro atoms. The van der Waals surface area contributed by atoms with E-state index in [1.165, 1.54) is 36.4 Å². The zero-order valence-electron chi connectivity index (χ0n) is 11.7. The van der Waals surface area contributed by atoms with Gasteiger partial charge in [-0.1, -0.05) is 0 Å². The highest BCUT2D eigenvalue weighted by Crippen LogP contribution is 2.19. The molecule has 1 aromatic carbocycles. The summed E-state index contributed by atoms with van der Waals surface area (Å²) in [5, 5.41) is 17.0. The van der Waals surface area contributed by atoms with Crippen LogP contribution in [0.2, 0.25) is 0 Å². The van der Waals surface area contributed by atoms with Crippen molar-refractivity contribution in [3.8, 4) is 11.6 Å². The minimum absolute atomic E-state index is 0.160. The van der Waals surface area contributed by atoms with Crippen molar-refractivity contribution >= 4 is 12.0 Å². The number of nitrogens with zero attached hydrogens (tertiary/aromatic N) is 2. The number of halogens is 1. The minimum Gasteiger partial charge on any atom is -0.502 e. The Kier molecular flexibility index (Phi) is 5.02. The van der Waals surface area contributed by atoms with Crippen LogP contribution in [0.1, 0.15) is 12.6 Å². The molecule has 0 fully saturated rings. The van der Waals surface area contributed by atoms with Gasteiger partial charge in [0.05, 0.1) is 12.3 Å². The second-order valence-corrected chi connectivity index (χ2v) is 4.10. The number of aliphatic hydroxyl groups is 1. The van der Waals surface area contributed by atoms with Crippen molar-refractivity contribution < 1.29 is 23.8 Å². The summed E-state index contributed by atoms with van der Waals surface area (Å²) in [7, 11) is 0. The summed E-state index contributed by atoms with van der Waals surface area (Å²) in [4.78, 5) is 11.2. The number of esters is 1. The number of ether oxygens (including phenoxy) is 2. The number of rotatable bonds is 5. The van der Waals surface area contributed by atoms with Crippen LogP contribution in [0.5, 0.6) is 11.6 Å². The molecule has 114 valence electrons. The highest BCUT2D eigenvalue weighted by molar-refractivity contribution is 5.90. The summed E-state index contributed by atoms with van der Waals surface area (Å²) in [5.41, 5.74) is 0.261. The number of hydrogen-bond donors (Lipinski definition) is 1. The van der Waals surface area contributed by atoms with Gasteiger partial charge in [-0.25, -0.2) is 9.18 Å². The summed E-state index contributed by atoms with van der Waals surface area (Å²) in [6.07, 6.45) is 1.13. The molecule has 0 aliphatic rings.